The number of aliphatic imine (C=N–C) groups is 1. The number of aromatic nitrogens is 2. The number of amides is 2. The van der Waals surface area contributed by atoms with E-state index in [0.717, 1.165) is 29.7 Å². The molecule has 0 spiro atoms. The third kappa shape index (κ3) is 5.71. The number of rotatable bonds is 8. The second-order valence-electron chi connectivity index (χ2n) is 9.79. The second-order valence-corrected chi connectivity index (χ2v) is 9.79. The van der Waals surface area contributed by atoms with E-state index in [4.69, 9.17) is 9.47 Å². The molecule has 3 unspecified atom stereocenters. The minimum absolute atomic E-state index is 0.0970. The van der Waals surface area contributed by atoms with Gasteiger partial charge in [-0.1, -0.05) is 0 Å². The number of hydrogen-bond donors (Lipinski definition) is 3. The number of methoxy groups -OCH3 is 1. The van der Waals surface area contributed by atoms with E-state index < -0.39 is 0 Å². The molecule has 1 aromatic carbocycles. The smallest absolute Gasteiger partial charge is 0.424 e. The van der Waals surface area contributed by atoms with Crippen LogP contribution in [0.2, 0.25) is 0 Å². The van der Waals surface area contributed by atoms with E-state index in [0.29, 0.717) is 42.9 Å². The molecule has 37 heavy (non-hydrogen) atoms. The fraction of sp³-hybridized carbons (Fsp3) is 0.538. The van der Waals surface area contributed by atoms with Gasteiger partial charge < -0.3 is 19.9 Å². The Balaban J connectivity index is 1.38. The Morgan fingerprint density at radius 2 is 2.00 bits per heavy atom. The van der Waals surface area contributed by atoms with Gasteiger partial charge in [0.05, 0.1) is 7.11 Å². The summed E-state index contributed by atoms with van der Waals surface area (Å²) in [5.41, 5.74) is 3.37. The highest BCUT2D eigenvalue weighted by Crippen LogP contribution is 2.40. The van der Waals surface area contributed by atoms with Crippen LogP contribution in [0.25, 0.3) is 0 Å². The van der Waals surface area contributed by atoms with E-state index in [1.165, 1.54) is 5.01 Å². The Labute approximate surface area is 216 Å². The molecule has 0 saturated heterocycles. The molecule has 11 nitrogen and oxygen atoms in total. The average molecular weight is 513 g/mol. The van der Waals surface area contributed by atoms with Crippen molar-refractivity contribution < 1.29 is 24.2 Å². The number of nitrogens with zero attached hydrogens (tertiary/aromatic N) is 4. The van der Waals surface area contributed by atoms with Crippen molar-refractivity contribution in [2.75, 3.05) is 40.1 Å². The highest BCUT2D eigenvalue weighted by Gasteiger charge is 2.34. The van der Waals surface area contributed by atoms with Gasteiger partial charge in [0, 0.05) is 69.1 Å². The van der Waals surface area contributed by atoms with Crippen LogP contribution in [0.3, 0.4) is 0 Å². The van der Waals surface area contributed by atoms with Crippen LogP contribution in [0.1, 0.15) is 54.5 Å². The Morgan fingerprint density at radius 3 is 2.70 bits per heavy atom. The number of hydrogen-bond acceptors (Lipinski definition) is 8. The van der Waals surface area contributed by atoms with Crippen molar-refractivity contribution in [2.45, 2.75) is 51.0 Å². The van der Waals surface area contributed by atoms with Crippen LogP contribution in [0.5, 0.6) is 11.5 Å². The zero-order valence-corrected chi connectivity index (χ0v) is 22.1. The SMILES string of the molecule is CCN=Cc1c(O)cc(OC)c2c1CC(C(=O)Nc1cc(C3CCC(OC(=O)N(C)N(C)C)C3)[nH]n1)C2. The van der Waals surface area contributed by atoms with E-state index >= 15 is 0 Å². The lowest BCUT2D eigenvalue weighted by atomic mass is 10.0. The maximum atomic E-state index is 13.1. The number of aromatic amines is 1. The maximum absolute atomic E-state index is 13.1. The zero-order valence-electron chi connectivity index (χ0n) is 22.1. The molecule has 2 aliphatic rings. The van der Waals surface area contributed by atoms with Crippen LogP contribution in [-0.2, 0) is 22.4 Å². The predicted molar refractivity (Wildman–Crippen MR) is 139 cm³/mol. The molecule has 200 valence electrons. The summed E-state index contributed by atoms with van der Waals surface area (Å²) in [5.74, 6) is 0.851. The fourth-order valence-electron chi connectivity index (χ4n) is 5.02. The van der Waals surface area contributed by atoms with E-state index in [1.54, 1.807) is 45.5 Å². The van der Waals surface area contributed by atoms with Crippen LogP contribution in [0, 0.1) is 5.92 Å². The molecule has 0 aliphatic heterocycles. The first kappa shape index (κ1) is 26.5. The number of carbonyl (C=O) groups excluding carboxylic acids is 2. The van der Waals surface area contributed by atoms with Gasteiger partial charge >= 0.3 is 6.09 Å². The summed E-state index contributed by atoms with van der Waals surface area (Å²) in [6, 6.07) is 3.44. The first-order chi connectivity index (χ1) is 17.7. The maximum Gasteiger partial charge on any atom is 0.424 e. The minimum atomic E-state index is -0.375. The molecule has 0 radical (unpaired) electrons. The van der Waals surface area contributed by atoms with Gasteiger partial charge in [-0.2, -0.15) is 5.10 Å². The minimum Gasteiger partial charge on any atom is -0.507 e. The lowest BCUT2D eigenvalue weighted by Gasteiger charge is -2.25. The molecule has 1 saturated carbocycles. The molecule has 1 fully saturated rings. The van der Waals surface area contributed by atoms with Crippen molar-refractivity contribution in [1.82, 2.24) is 20.2 Å². The molecule has 2 aromatic rings. The van der Waals surface area contributed by atoms with Gasteiger partial charge in [-0.15, -0.1) is 0 Å². The second kappa shape index (κ2) is 11.2. The first-order valence-corrected chi connectivity index (χ1v) is 12.6. The summed E-state index contributed by atoms with van der Waals surface area (Å²) < 4.78 is 11.1. The molecule has 2 aliphatic carbocycles. The van der Waals surface area contributed by atoms with Crippen LogP contribution < -0.4 is 10.1 Å². The van der Waals surface area contributed by atoms with Gasteiger partial charge in [0.25, 0.3) is 0 Å². The normalized spacial score (nSPS) is 20.9. The first-order valence-electron chi connectivity index (χ1n) is 12.6. The van der Waals surface area contributed by atoms with Crippen molar-refractivity contribution in [3.8, 4) is 11.5 Å². The lowest BCUT2D eigenvalue weighted by Crippen LogP contribution is -2.40. The lowest BCUT2D eigenvalue weighted by molar-refractivity contribution is -0.119. The van der Waals surface area contributed by atoms with Gasteiger partial charge in [0.15, 0.2) is 5.82 Å². The number of H-pyrrole nitrogens is 1. The van der Waals surface area contributed by atoms with E-state index in [9.17, 15) is 14.7 Å². The largest absolute Gasteiger partial charge is 0.507 e. The quantitative estimate of drug-likeness (QED) is 0.366. The third-order valence-corrected chi connectivity index (χ3v) is 7.23. The Kier molecular flexibility index (Phi) is 8.01. The molecule has 2 amide bonds. The number of ether oxygens (including phenoxy) is 2. The van der Waals surface area contributed by atoms with E-state index in [-0.39, 0.29) is 35.7 Å². The molecule has 0 bridgehead atoms. The molecule has 1 aromatic heterocycles. The number of anilines is 1. The number of hydrazine groups is 1. The molecule has 3 atom stereocenters. The van der Waals surface area contributed by atoms with Crippen molar-refractivity contribution in [3.63, 3.8) is 0 Å². The van der Waals surface area contributed by atoms with Gasteiger partial charge in [-0.05, 0) is 50.2 Å². The number of nitrogens with one attached hydrogen (secondary N) is 2. The van der Waals surface area contributed by atoms with Gasteiger partial charge in [-0.3, -0.25) is 14.9 Å². The summed E-state index contributed by atoms with van der Waals surface area (Å²) in [7, 11) is 6.79. The average Bonchev–Trinajstić information content (AvgIpc) is 3.62. The number of phenolic OH excluding ortho intramolecular Hbond substituents is 1. The predicted octanol–water partition coefficient (Wildman–Crippen LogP) is 3.10. The van der Waals surface area contributed by atoms with Crippen LogP contribution >= 0.6 is 0 Å². The molecule has 11 heteroatoms. The number of phenols is 1. The molecule has 4 rings (SSSR count). The topological polar surface area (TPSA) is 132 Å². The number of benzene rings is 1. The van der Waals surface area contributed by atoms with E-state index in [2.05, 4.69) is 20.5 Å². The standard InChI is InChI=1S/C26H36N6O5/c1-6-27-14-20-18-10-16(11-19(18)23(36-5)13-22(20)33)25(34)28-24-12-21(29-30-24)15-7-8-17(9-15)37-26(35)32(4)31(2)3/h12-17,33H,6-11H2,1-5H3,(H2,28,29,30,34). The summed E-state index contributed by atoms with van der Waals surface area (Å²) in [6.45, 7) is 2.52. The summed E-state index contributed by atoms with van der Waals surface area (Å²) in [5, 5.41) is 23.8. The molecular formula is C26H36N6O5. The molecular weight excluding hydrogens is 476 g/mol. The highest BCUT2D eigenvalue weighted by molar-refractivity contribution is 5.94. The highest BCUT2D eigenvalue weighted by atomic mass is 16.6. The summed E-state index contributed by atoms with van der Waals surface area (Å²) in [4.78, 5) is 29.6. The van der Waals surface area contributed by atoms with Crippen LogP contribution in [0.15, 0.2) is 17.1 Å². The monoisotopic (exact) mass is 512 g/mol. The van der Waals surface area contributed by atoms with Crippen molar-refractivity contribution in [1.29, 1.82) is 0 Å². The van der Waals surface area contributed by atoms with Crippen LogP contribution in [-0.4, -0.2) is 84.4 Å². The van der Waals surface area contributed by atoms with Crippen molar-refractivity contribution in [3.05, 3.63) is 34.5 Å². The number of aromatic hydroxyl groups is 1. The van der Waals surface area contributed by atoms with Crippen molar-refractivity contribution in [2.24, 2.45) is 10.9 Å². The Morgan fingerprint density at radius 1 is 1.24 bits per heavy atom. The van der Waals surface area contributed by atoms with Crippen molar-refractivity contribution >= 4 is 24.0 Å². The zero-order chi connectivity index (χ0) is 26.7. The van der Waals surface area contributed by atoms with E-state index in [1.807, 2.05) is 13.0 Å². The van der Waals surface area contributed by atoms with Gasteiger partial charge in [0.1, 0.15) is 17.6 Å². The summed E-state index contributed by atoms with van der Waals surface area (Å²) in [6.07, 6.45) is 4.45. The van der Waals surface area contributed by atoms with Gasteiger partial charge in [0.2, 0.25) is 5.91 Å². The summed E-state index contributed by atoms with van der Waals surface area (Å²) >= 11 is 0. The Bertz CT molecular complexity index is 1180. The van der Waals surface area contributed by atoms with Gasteiger partial charge in [-0.25, -0.2) is 14.8 Å². The molecule has 3 N–H and O–H groups in total. The number of fused-ring (bicyclic) bond motifs is 1. The fourth-order valence-corrected chi connectivity index (χ4v) is 5.02. The Hall–Kier alpha value is -3.60. The van der Waals surface area contributed by atoms with Crippen LogP contribution in [0.4, 0.5) is 10.6 Å². The third-order valence-electron chi connectivity index (χ3n) is 7.23. The number of carbonyl (C=O) groups is 2. The molecule has 1 heterocycles.